The van der Waals surface area contributed by atoms with Crippen LogP contribution in [0, 0.1) is 5.92 Å². The van der Waals surface area contributed by atoms with E-state index < -0.39 is 0 Å². The van der Waals surface area contributed by atoms with Crippen LogP contribution in [-0.4, -0.2) is 23.0 Å². The molecule has 0 bridgehead atoms. The van der Waals surface area contributed by atoms with Gasteiger partial charge in [0.1, 0.15) is 5.76 Å². The van der Waals surface area contributed by atoms with Gasteiger partial charge in [-0.3, -0.25) is 4.90 Å². The Morgan fingerprint density at radius 1 is 1.50 bits per heavy atom. The van der Waals surface area contributed by atoms with E-state index in [1.165, 1.54) is 0 Å². The third kappa shape index (κ3) is 1.81. The first kappa shape index (κ1) is 10.1. The molecule has 84 valence electrons. The van der Waals surface area contributed by atoms with E-state index in [1.807, 2.05) is 12.1 Å². The minimum Gasteiger partial charge on any atom is -0.441 e. The van der Waals surface area contributed by atoms with E-state index in [1.54, 1.807) is 6.20 Å². The average Bonchev–Trinajstić information content (AvgIpc) is 2.57. The van der Waals surface area contributed by atoms with E-state index in [4.69, 9.17) is 16.0 Å². The molecule has 4 heteroatoms. The second-order valence-electron chi connectivity index (χ2n) is 4.56. The topological polar surface area (TPSA) is 29.3 Å². The number of hydrogen-bond acceptors (Lipinski definition) is 3. The van der Waals surface area contributed by atoms with Gasteiger partial charge in [-0.25, -0.2) is 4.98 Å². The Morgan fingerprint density at radius 2 is 2.31 bits per heavy atom. The monoisotopic (exact) mass is 236 g/mol. The van der Waals surface area contributed by atoms with Gasteiger partial charge in [-0.2, -0.15) is 0 Å². The fourth-order valence-electron chi connectivity index (χ4n) is 2.21. The Kier molecular flexibility index (Phi) is 2.37. The number of nitrogens with zero attached hydrogens (tertiary/aromatic N) is 2. The van der Waals surface area contributed by atoms with Gasteiger partial charge in [0.2, 0.25) is 5.71 Å². The fraction of sp³-hybridized carbons (Fsp3) is 0.417. The normalized spacial score (nSPS) is 17.9. The lowest BCUT2D eigenvalue weighted by molar-refractivity contribution is 0.0968. The summed E-state index contributed by atoms with van der Waals surface area (Å²) in [5, 5.41) is 1.63. The molecule has 0 aromatic carbocycles. The molecule has 0 saturated carbocycles. The predicted molar refractivity (Wildman–Crippen MR) is 63.5 cm³/mol. The number of aromatic nitrogens is 1. The van der Waals surface area contributed by atoms with Gasteiger partial charge < -0.3 is 4.42 Å². The number of halogens is 1. The van der Waals surface area contributed by atoms with Crippen molar-refractivity contribution < 1.29 is 4.42 Å². The number of likely N-dealkylation sites (tertiary alicyclic amines) is 1. The van der Waals surface area contributed by atoms with Crippen molar-refractivity contribution in [2.24, 2.45) is 5.92 Å². The molecule has 3 heterocycles. The number of rotatable bonds is 2. The highest BCUT2D eigenvalue weighted by atomic mass is 35.5. The van der Waals surface area contributed by atoms with E-state index in [2.05, 4.69) is 16.8 Å². The maximum atomic E-state index is 5.88. The van der Waals surface area contributed by atoms with Gasteiger partial charge in [0.15, 0.2) is 0 Å². The largest absolute Gasteiger partial charge is 0.441 e. The summed E-state index contributed by atoms with van der Waals surface area (Å²) in [6.45, 7) is 5.45. The van der Waals surface area contributed by atoms with Crippen molar-refractivity contribution in [2.75, 3.05) is 13.1 Å². The van der Waals surface area contributed by atoms with Crippen molar-refractivity contribution in [2.45, 2.75) is 13.5 Å². The van der Waals surface area contributed by atoms with E-state index in [-0.39, 0.29) is 0 Å². The van der Waals surface area contributed by atoms with Crippen LogP contribution in [0.3, 0.4) is 0 Å². The van der Waals surface area contributed by atoms with E-state index in [0.29, 0.717) is 10.7 Å². The first-order chi connectivity index (χ1) is 7.70. The highest BCUT2D eigenvalue weighted by molar-refractivity contribution is 6.31. The molecule has 0 N–H and O–H groups in total. The van der Waals surface area contributed by atoms with Crippen molar-refractivity contribution in [1.82, 2.24) is 9.88 Å². The molecule has 0 amide bonds. The van der Waals surface area contributed by atoms with Gasteiger partial charge in [0.25, 0.3) is 0 Å². The second kappa shape index (κ2) is 3.75. The summed E-state index contributed by atoms with van der Waals surface area (Å²) in [4.78, 5) is 6.52. The van der Waals surface area contributed by atoms with E-state index in [9.17, 15) is 0 Å². The molecule has 2 aromatic rings. The third-order valence-electron chi connectivity index (χ3n) is 2.91. The summed E-state index contributed by atoms with van der Waals surface area (Å²) < 4.78 is 5.65. The van der Waals surface area contributed by atoms with E-state index in [0.717, 1.165) is 36.7 Å². The van der Waals surface area contributed by atoms with Crippen LogP contribution in [0.5, 0.6) is 0 Å². The van der Waals surface area contributed by atoms with Gasteiger partial charge in [0, 0.05) is 24.7 Å². The van der Waals surface area contributed by atoms with Crippen LogP contribution < -0.4 is 0 Å². The van der Waals surface area contributed by atoms with Crippen LogP contribution in [0.2, 0.25) is 5.02 Å². The van der Waals surface area contributed by atoms with Crippen molar-refractivity contribution in [1.29, 1.82) is 0 Å². The molecular formula is C12H13ClN2O. The van der Waals surface area contributed by atoms with Gasteiger partial charge in [-0.1, -0.05) is 18.5 Å². The van der Waals surface area contributed by atoms with Gasteiger partial charge in [-0.15, -0.1) is 0 Å². The van der Waals surface area contributed by atoms with Crippen LogP contribution in [-0.2, 0) is 6.54 Å². The van der Waals surface area contributed by atoms with Crippen LogP contribution >= 0.6 is 11.6 Å². The first-order valence-corrected chi connectivity index (χ1v) is 5.85. The smallest absolute Gasteiger partial charge is 0.226 e. The maximum absolute atomic E-state index is 5.88. The number of fused-ring (bicyclic) bond motifs is 1. The van der Waals surface area contributed by atoms with Crippen LogP contribution in [0.1, 0.15) is 12.7 Å². The van der Waals surface area contributed by atoms with Gasteiger partial charge in [-0.05, 0) is 18.1 Å². The molecule has 1 fully saturated rings. The highest BCUT2D eigenvalue weighted by Gasteiger charge is 2.23. The fourth-order valence-corrected chi connectivity index (χ4v) is 2.38. The Hall–Kier alpha value is -1.06. The summed E-state index contributed by atoms with van der Waals surface area (Å²) in [5.41, 5.74) is 0.674. The average molecular weight is 237 g/mol. The minimum atomic E-state index is 0.650. The first-order valence-electron chi connectivity index (χ1n) is 5.47. The van der Waals surface area contributed by atoms with Crippen molar-refractivity contribution >= 4 is 22.7 Å². The van der Waals surface area contributed by atoms with Crippen LogP contribution in [0.4, 0.5) is 0 Å². The number of pyridine rings is 1. The van der Waals surface area contributed by atoms with Crippen molar-refractivity contribution in [3.05, 3.63) is 29.1 Å². The molecule has 0 radical (unpaired) electrons. The van der Waals surface area contributed by atoms with Crippen molar-refractivity contribution in [3.8, 4) is 0 Å². The quantitative estimate of drug-likeness (QED) is 0.803. The number of hydrogen-bond donors (Lipinski definition) is 0. The second-order valence-corrected chi connectivity index (χ2v) is 5.00. The van der Waals surface area contributed by atoms with Crippen molar-refractivity contribution in [3.63, 3.8) is 0 Å². The van der Waals surface area contributed by atoms with E-state index >= 15 is 0 Å². The molecule has 2 aromatic heterocycles. The molecule has 3 rings (SSSR count). The molecule has 1 aliphatic rings. The summed E-state index contributed by atoms with van der Waals surface area (Å²) in [5.74, 6) is 1.79. The lowest BCUT2D eigenvalue weighted by atomic mass is 10.0. The summed E-state index contributed by atoms with van der Waals surface area (Å²) in [7, 11) is 0. The summed E-state index contributed by atoms with van der Waals surface area (Å²) in [6, 6.07) is 3.91. The highest BCUT2D eigenvalue weighted by Crippen LogP contribution is 2.24. The van der Waals surface area contributed by atoms with Gasteiger partial charge in [0.05, 0.1) is 11.6 Å². The lowest BCUT2D eigenvalue weighted by Crippen LogP contribution is -2.44. The predicted octanol–water partition coefficient (Wildman–Crippen LogP) is 2.93. The molecule has 0 atom stereocenters. The molecule has 0 aliphatic carbocycles. The third-order valence-corrected chi connectivity index (χ3v) is 3.12. The molecule has 16 heavy (non-hydrogen) atoms. The SMILES string of the molecule is CC1CN(Cc2cc3cc(Cl)cnc3o2)C1. The summed E-state index contributed by atoms with van der Waals surface area (Å²) in [6.07, 6.45) is 1.61. The minimum absolute atomic E-state index is 0.650. The maximum Gasteiger partial charge on any atom is 0.226 e. The standard InChI is InChI=1S/C12H13ClN2O/c1-8-5-15(6-8)7-11-3-9-2-10(13)4-14-12(9)16-11/h2-4,8H,5-7H2,1H3. The zero-order valence-electron chi connectivity index (χ0n) is 9.11. The Bertz CT molecular complexity index is 517. The molecule has 1 saturated heterocycles. The zero-order valence-corrected chi connectivity index (χ0v) is 9.87. The molecule has 1 aliphatic heterocycles. The Labute approximate surface area is 99.0 Å². The molecular weight excluding hydrogens is 224 g/mol. The Morgan fingerprint density at radius 3 is 3.06 bits per heavy atom. The van der Waals surface area contributed by atoms with Crippen LogP contribution in [0.25, 0.3) is 11.1 Å². The summed E-state index contributed by atoms with van der Waals surface area (Å²) >= 11 is 5.88. The number of furan rings is 1. The Balaban J connectivity index is 1.82. The lowest BCUT2D eigenvalue weighted by Gasteiger charge is -2.36. The van der Waals surface area contributed by atoms with Gasteiger partial charge >= 0.3 is 0 Å². The molecule has 3 nitrogen and oxygen atoms in total. The molecule has 0 unspecified atom stereocenters. The molecule has 0 spiro atoms. The van der Waals surface area contributed by atoms with Crippen LogP contribution in [0.15, 0.2) is 22.7 Å². The zero-order chi connectivity index (χ0) is 11.1.